The fourth-order valence-electron chi connectivity index (χ4n) is 1.49. The quantitative estimate of drug-likeness (QED) is 0.663. The number of aliphatic hydroxyl groups excluding tert-OH is 2. The van der Waals surface area contributed by atoms with E-state index in [0.29, 0.717) is 17.8 Å². The van der Waals surface area contributed by atoms with Crippen LogP contribution in [0.15, 0.2) is 6.20 Å². The van der Waals surface area contributed by atoms with Crippen molar-refractivity contribution in [1.29, 1.82) is 0 Å². The summed E-state index contributed by atoms with van der Waals surface area (Å²) in [6.45, 7) is 4.42. The number of aliphatic hydroxyl groups is 2. The summed E-state index contributed by atoms with van der Waals surface area (Å²) in [5.41, 5.74) is 1.03. The van der Waals surface area contributed by atoms with Crippen LogP contribution in [0.1, 0.15) is 30.7 Å². The fraction of sp³-hybridized carbons (Fsp3) is 0.600. The molecular weight excluding hydrogens is 212 g/mol. The molecule has 0 aliphatic carbocycles. The number of hydrogen-bond acceptors (Lipinski definition) is 4. The average molecular weight is 228 g/mol. The van der Waals surface area contributed by atoms with Crippen molar-refractivity contribution in [3.05, 3.63) is 17.5 Å². The number of rotatable bonds is 5. The van der Waals surface area contributed by atoms with Crippen LogP contribution in [-0.4, -0.2) is 37.2 Å². The largest absolute Gasteiger partial charge is 0.479 e. The molecule has 0 aromatic carbocycles. The summed E-state index contributed by atoms with van der Waals surface area (Å²) < 4.78 is 1.67. The summed E-state index contributed by atoms with van der Waals surface area (Å²) in [5, 5.41) is 31.5. The maximum atomic E-state index is 10.5. The van der Waals surface area contributed by atoms with Crippen molar-refractivity contribution in [2.75, 3.05) is 0 Å². The second-order valence-electron chi connectivity index (χ2n) is 3.64. The van der Waals surface area contributed by atoms with Crippen LogP contribution in [0.2, 0.25) is 0 Å². The summed E-state index contributed by atoms with van der Waals surface area (Å²) >= 11 is 0. The van der Waals surface area contributed by atoms with E-state index in [1.54, 1.807) is 11.6 Å². The van der Waals surface area contributed by atoms with E-state index in [4.69, 9.17) is 5.11 Å². The summed E-state index contributed by atoms with van der Waals surface area (Å²) in [7, 11) is 0. The zero-order valence-corrected chi connectivity index (χ0v) is 9.29. The first-order chi connectivity index (χ1) is 7.49. The number of aryl methyl sites for hydroxylation is 1. The topological polar surface area (TPSA) is 95.6 Å². The highest BCUT2D eigenvalue weighted by Gasteiger charge is 2.27. The molecule has 1 rings (SSSR count). The molecule has 1 heterocycles. The van der Waals surface area contributed by atoms with Crippen LogP contribution < -0.4 is 0 Å². The molecule has 0 radical (unpaired) electrons. The molecule has 0 amide bonds. The number of hydrogen-bond donors (Lipinski definition) is 3. The maximum Gasteiger partial charge on any atom is 0.335 e. The molecule has 0 saturated carbocycles. The van der Waals surface area contributed by atoms with E-state index in [1.165, 1.54) is 6.20 Å². The molecule has 0 fully saturated rings. The molecule has 0 spiro atoms. The van der Waals surface area contributed by atoms with Gasteiger partial charge in [0, 0.05) is 17.8 Å². The second-order valence-corrected chi connectivity index (χ2v) is 3.64. The third-order valence-corrected chi connectivity index (χ3v) is 2.45. The molecule has 2 atom stereocenters. The zero-order valence-electron chi connectivity index (χ0n) is 9.29. The molecule has 1 aromatic heterocycles. The van der Waals surface area contributed by atoms with Crippen LogP contribution in [0, 0.1) is 6.92 Å². The van der Waals surface area contributed by atoms with E-state index in [1.807, 2.05) is 6.92 Å². The highest BCUT2D eigenvalue weighted by molar-refractivity contribution is 5.73. The van der Waals surface area contributed by atoms with Gasteiger partial charge in [0.1, 0.15) is 6.10 Å². The molecule has 16 heavy (non-hydrogen) atoms. The van der Waals surface area contributed by atoms with Gasteiger partial charge in [-0.25, -0.2) is 4.79 Å². The van der Waals surface area contributed by atoms with Crippen molar-refractivity contribution in [2.24, 2.45) is 0 Å². The van der Waals surface area contributed by atoms with E-state index in [9.17, 15) is 15.0 Å². The normalized spacial score (nSPS) is 14.8. The maximum absolute atomic E-state index is 10.5. The van der Waals surface area contributed by atoms with E-state index in [2.05, 4.69) is 5.10 Å². The number of aliphatic carboxylic acids is 1. The molecule has 3 N–H and O–H groups in total. The third-order valence-electron chi connectivity index (χ3n) is 2.45. The average Bonchev–Trinajstić information content (AvgIpc) is 2.59. The van der Waals surface area contributed by atoms with Crippen molar-refractivity contribution in [3.8, 4) is 0 Å². The van der Waals surface area contributed by atoms with Gasteiger partial charge in [-0.15, -0.1) is 0 Å². The predicted octanol–water partition coefficient (Wildman–Crippen LogP) is 0.0804. The lowest BCUT2D eigenvalue weighted by molar-refractivity contribution is -0.153. The van der Waals surface area contributed by atoms with Crippen LogP contribution in [0.3, 0.4) is 0 Å². The van der Waals surface area contributed by atoms with Gasteiger partial charge in [-0.1, -0.05) is 6.92 Å². The Morgan fingerprint density at radius 1 is 1.56 bits per heavy atom. The Labute approximate surface area is 93.1 Å². The standard InChI is InChI=1S/C10H16N2O4/c1-3-4-12-6(2)7(5-11-12)8(13)9(14)10(15)16/h5,8-9,13-14H,3-4H2,1-2H3,(H,15,16). The first-order valence-electron chi connectivity index (χ1n) is 5.10. The van der Waals surface area contributed by atoms with Crippen LogP contribution in [0.5, 0.6) is 0 Å². The highest BCUT2D eigenvalue weighted by Crippen LogP contribution is 2.20. The van der Waals surface area contributed by atoms with Crippen molar-refractivity contribution in [2.45, 2.75) is 39.0 Å². The van der Waals surface area contributed by atoms with Gasteiger partial charge in [-0.2, -0.15) is 5.10 Å². The Bertz CT molecular complexity index is 375. The lowest BCUT2D eigenvalue weighted by Gasteiger charge is -2.13. The van der Waals surface area contributed by atoms with Crippen molar-refractivity contribution in [1.82, 2.24) is 9.78 Å². The zero-order chi connectivity index (χ0) is 12.3. The van der Waals surface area contributed by atoms with Crippen molar-refractivity contribution < 1.29 is 20.1 Å². The molecule has 0 bridgehead atoms. The molecule has 90 valence electrons. The van der Waals surface area contributed by atoms with Crippen molar-refractivity contribution in [3.63, 3.8) is 0 Å². The number of aromatic nitrogens is 2. The number of nitrogens with zero attached hydrogens (tertiary/aromatic N) is 2. The van der Waals surface area contributed by atoms with Crippen LogP contribution in [0.4, 0.5) is 0 Å². The Morgan fingerprint density at radius 3 is 2.69 bits per heavy atom. The second kappa shape index (κ2) is 5.09. The van der Waals surface area contributed by atoms with Crippen molar-refractivity contribution >= 4 is 5.97 Å². The highest BCUT2D eigenvalue weighted by atomic mass is 16.4. The Balaban J connectivity index is 2.92. The van der Waals surface area contributed by atoms with Crippen LogP contribution >= 0.6 is 0 Å². The molecule has 6 nitrogen and oxygen atoms in total. The molecule has 0 aliphatic heterocycles. The molecule has 6 heteroatoms. The fourth-order valence-corrected chi connectivity index (χ4v) is 1.49. The molecular formula is C10H16N2O4. The van der Waals surface area contributed by atoms with Crippen LogP contribution in [0.25, 0.3) is 0 Å². The third kappa shape index (κ3) is 2.40. The van der Waals surface area contributed by atoms with Gasteiger partial charge in [0.15, 0.2) is 6.10 Å². The summed E-state index contributed by atoms with van der Waals surface area (Å²) in [6.07, 6.45) is -0.984. The Kier molecular flexibility index (Phi) is 4.03. The van der Waals surface area contributed by atoms with Gasteiger partial charge in [0.2, 0.25) is 0 Å². The number of carbonyl (C=O) groups is 1. The predicted molar refractivity (Wildman–Crippen MR) is 55.9 cm³/mol. The lowest BCUT2D eigenvalue weighted by atomic mass is 10.1. The number of carboxylic acid groups (broad SMARTS) is 1. The monoisotopic (exact) mass is 228 g/mol. The summed E-state index contributed by atoms with van der Waals surface area (Å²) in [5.74, 6) is -1.45. The summed E-state index contributed by atoms with van der Waals surface area (Å²) in [6, 6.07) is 0. The van der Waals surface area contributed by atoms with Crippen LogP contribution in [-0.2, 0) is 11.3 Å². The minimum Gasteiger partial charge on any atom is -0.479 e. The first-order valence-corrected chi connectivity index (χ1v) is 5.10. The SMILES string of the molecule is CCCn1ncc(C(O)C(O)C(=O)O)c1C. The smallest absolute Gasteiger partial charge is 0.335 e. The van der Waals surface area contributed by atoms with Gasteiger partial charge < -0.3 is 15.3 Å². The molecule has 0 saturated heterocycles. The van der Waals surface area contributed by atoms with E-state index in [-0.39, 0.29) is 0 Å². The van der Waals surface area contributed by atoms with Gasteiger partial charge >= 0.3 is 5.97 Å². The van der Waals surface area contributed by atoms with E-state index < -0.39 is 18.2 Å². The lowest BCUT2D eigenvalue weighted by Crippen LogP contribution is -2.27. The first kappa shape index (κ1) is 12.7. The molecule has 0 aliphatic rings. The Morgan fingerprint density at radius 2 is 2.19 bits per heavy atom. The Hall–Kier alpha value is -1.40. The molecule has 1 aromatic rings. The molecule has 2 unspecified atom stereocenters. The minimum atomic E-state index is -1.82. The minimum absolute atomic E-state index is 0.350. The van der Waals surface area contributed by atoms with Gasteiger partial charge in [-0.05, 0) is 13.3 Å². The van der Waals surface area contributed by atoms with Gasteiger partial charge in [0.05, 0.1) is 6.20 Å². The number of carboxylic acids is 1. The van der Waals surface area contributed by atoms with E-state index in [0.717, 1.165) is 6.42 Å². The van der Waals surface area contributed by atoms with Gasteiger partial charge in [0.25, 0.3) is 0 Å². The van der Waals surface area contributed by atoms with E-state index >= 15 is 0 Å². The summed E-state index contributed by atoms with van der Waals surface area (Å²) in [4.78, 5) is 10.5. The van der Waals surface area contributed by atoms with Gasteiger partial charge in [-0.3, -0.25) is 4.68 Å².